The fourth-order valence-electron chi connectivity index (χ4n) is 2.61. The van der Waals surface area contributed by atoms with E-state index in [1.54, 1.807) is 18.2 Å². The van der Waals surface area contributed by atoms with Crippen molar-refractivity contribution < 1.29 is 13.9 Å². The van der Waals surface area contributed by atoms with Gasteiger partial charge in [-0.2, -0.15) is 0 Å². The summed E-state index contributed by atoms with van der Waals surface area (Å²) in [6, 6.07) is 20.1. The maximum atomic E-state index is 13.4. The van der Waals surface area contributed by atoms with Gasteiger partial charge in [0, 0.05) is 0 Å². The average molecular weight is 347 g/mol. The van der Waals surface area contributed by atoms with Crippen molar-refractivity contribution in [3.63, 3.8) is 0 Å². The first-order valence-electron chi connectivity index (χ1n) is 8.30. The van der Waals surface area contributed by atoms with Gasteiger partial charge in [-0.1, -0.05) is 66.4 Å². The molecule has 130 valence electrons. The van der Waals surface area contributed by atoms with Gasteiger partial charge in [0.1, 0.15) is 6.61 Å². The summed E-state index contributed by atoms with van der Waals surface area (Å²) < 4.78 is 18.6. The minimum atomic E-state index is -0.419. The third-order valence-electron chi connectivity index (χ3n) is 3.87. The Kier molecular flexibility index (Phi) is 5.84. The quantitative estimate of drug-likeness (QED) is 0.715. The number of amides is 1. The van der Waals surface area contributed by atoms with E-state index in [1.165, 1.54) is 6.07 Å². The molecule has 0 fully saturated rings. The number of benzene rings is 3. The van der Waals surface area contributed by atoms with Crippen LogP contribution in [-0.2, 0) is 11.2 Å². The van der Waals surface area contributed by atoms with Crippen LogP contribution < -0.4 is 10.1 Å². The minimum Gasteiger partial charge on any atom is -0.478 e. The molecule has 0 saturated carbocycles. The molecular formula is C22H18FNO2. The predicted molar refractivity (Wildman–Crippen MR) is 100 cm³/mol. The molecule has 3 aromatic carbocycles. The number of rotatable bonds is 5. The van der Waals surface area contributed by atoms with Crippen molar-refractivity contribution in [1.29, 1.82) is 0 Å². The Bertz CT molecular complexity index is 967. The highest BCUT2D eigenvalue weighted by Crippen LogP contribution is 2.18. The summed E-state index contributed by atoms with van der Waals surface area (Å²) in [5.41, 5.74) is 0.983. The highest BCUT2D eigenvalue weighted by molar-refractivity contribution is 5.90. The number of ether oxygens (including phenoxy) is 1. The molecule has 4 heteroatoms. The van der Waals surface area contributed by atoms with E-state index in [1.807, 2.05) is 42.5 Å². The summed E-state index contributed by atoms with van der Waals surface area (Å²) in [7, 11) is 0. The van der Waals surface area contributed by atoms with Crippen LogP contribution in [0.4, 0.5) is 4.39 Å². The van der Waals surface area contributed by atoms with Crippen LogP contribution in [0.3, 0.4) is 0 Å². The molecule has 0 bridgehead atoms. The molecule has 0 unspecified atom stereocenters. The van der Waals surface area contributed by atoms with Gasteiger partial charge in [0.05, 0.1) is 13.0 Å². The van der Waals surface area contributed by atoms with Crippen LogP contribution in [0.25, 0.3) is 10.8 Å². The van der Waals surface area contributed by atoms with Gasteiger partial charge in [-0.25, -0.2) is 4.39 Å². The number of carbonyl (C=O) groups excluding carboxylic acids is 1. The zero-order valence-electron chi connectivity index (χ0n) is 14.2. The molecule has 26 heavy (non-hydrogen) atoms. The SMILES string of the molecule is O=C(Cc1cccc2ccccc12)NCC#CCOc1ccccc1F. The smallest absolute Gasteiger partial charge is 0.225 e. The molecule has 3 rings (SSSR count). The van der Waals surface area contributed by atoms with Gasteiger partial charge in [0.25, 0.3) is 0 Å². The fourth-order valence-corrected chi connectivity index (χ4v) is 2.61. The molecule has 3 aromatic rings. The van der Waals surface area contributed by atoms with E-state index in [9.17, 15) is 9.18 Å². The van der Waals surface area contributed by atoms with Crippen LogP contribution in [0.15, 0.2) is 66.7 Å². The number of nitrogens with one attached hydrogen (secondary N) is 1. The Hall–Kier alpha value is -3.32. The Balaban J connectivity index is 1.47. The second-order valence-corrected chi connectivity index (χ2v) is 5.66. The van der Waals surface area contributed by atoms with E-state index in [-0.39, 0.29) is 24.8 Å². The molecule has 0 aliphatic carbocycles. The van der Waals surface area contributed by atoms with Crippen molar-refractivity contribution >= 4 is 16.7 Å². The Morgan fingerprint density at radius 2 is 1.73 bits per heavy atom. The first kappa shape index (κ1) is 17.5. The second-order valence-electron chi connectivity index (χ2n) is 5.66. The molecule has 3 nitrogen and oxygen atoms in total. The van der Waals surface area contributed by atoms with E-state index >= 15 is 0 Å². The molecule has 0 spiro atoms. The van der Waals surface area contributed by atoms with Crippen LogP contribution in [0, 0.1) is 17.7 Å². The lowest BCUT2D eigenvalue weighted by Crippen LogP contribution is -2.25. The van der Waals surface area contributed by atoms with Gasteiger partial charge >= 0.3 is 0 Å². The highest BCUT2D eigenvalue weighted by atomic mass is 19.1. The maximum Gasteiger partial charge on any atom is 0.225 e. The second kappa shape index (κ2) is 8.68. The van der Waals surface area contributed by atoms with E-state index in [0.717, 1.165) is 16.3 Å². The lowest BCUT2D eigenvalue weighted by molar-refractivity contribution is -0.120. The standard InChI is InChI=1S/C22H18FNO2/c23-20-12-3-4-13-21(20)26-15-6-5-14-24-22(25)16-18-10-7-9-17-8-1-2-11-19(17)18/h1-4,7-13H,14-16H2,(H,24,25). The third-order valence-corrected chi connectivity index (χ3v) is 3.87. The van der Waals surface area contributed by atoms with Crippen LogP contribution in [0.5, 0.6) is 5.75 Å². The summed E-state index contributed by atoms with van der Waals surface area (Å²) in [6.45, 7) is 0.296. The summed E-state index contributed by atoms with van der Waals surface area (Å²) in [4.78, 5) is 12.1. The molecule has 0 saturated heterocycles. The Morgan fingerprint density at radius 1 is 0.962 bits per heavy atom. The highest BCUT2D eigenvalue weighted by Gasteiger charge is 2.05. The lowest BCUT2D eigenvalue weighted by atomic mass is 10.0. The molecule has 0 atom stereocenters. The van der Waals surface area contributed by atoms with Gasteiger partial charge in [0.2, 0.25) is 5.91 Å². The summed E-state index contributed by atoms with van der Waals surface area (Å²) >= 11 is 0. The predicted octanol–water partition coefficient (Wildman–Crippen LogP) is 3.72. The Morgan fingerprint density at radius 3 is 2.62 bits per heavy atom. The normalized spacial score (nSPS) is 10.0. The minimum absolute atomic E-state index is 0.0696. The van der Waals surface area contributed by atoms with Crippen molar-refractivity contribution in [3.8, 4) is 17.6 Å². The Labute approximate surface area is 151 Å². The molecule has 0 radical (unpaired) electrons. The van der Waals surface area contributed by atoms with Gasteiger partial charge < -0.3 is 10.1 Å². The van der Waals surface area contributed by atoms with Crippen LogP contribution in [0.2, 0.25) is 0 Å². The molecular weight excluding hydrogens is 329 g/mol. The van der Waals surface area contributed by atoms with Crippen molar-refractivity contribution in [2.75, 3.05) is 13.2 Å². The molecule has 0 aliphatic heterocycles. The molecule has 0 aromatic heterocycles. The van der Waals surface area contributed by atoms with E-state index in [0.29, 0.717) is 6.42 Å². The monoisotopic (exact) mass is 347 g/mol. The van der Waals surface area contributed by atoms with E-state index in [4.69, 9.17) is 4.74 Å². The van der Waals surface area contributed by atoms with E-state index in [2.05, 4.69) is 17.2 Å². The summed E-state index contributed by atoms with van der Waals surface area (Å²) in [6.07, 6.45) is 0.300. The zero-order chi connectivity index (χ0) is 18.2. The van der Waals surface area contributed by atoms with Gasteiger partial charge in [-0.15, -0.1) is 0 Å². The molecule has 0 aliphatic rings. The number of halogens is 1. The first-order chi connectivity index (χ1) is 12.7. The molecule has 0 heterocycles. The lowest BCUT2D eigenvalue weighted by Gasteiger charge is -2.06. The van der Waals surface area contributed by atoms with Gasteiger partial charge in [-0.05, 0) is 28.5 Å². The number of fused-ring (bicyclic) bond motifs is 1. The number of hydrogen-bond donors (Lipinski definition) is 1. The summed E-state index contributed by atoms with van der Waals surface area (Å²) in [5, 5.41) is 4.96. The van der Waals surface area contributed by atoms with Crippen LogP contribution in [0.1, 0.15) is 5.56 Å². The maximum absolute atomic E-state index is 13.4. The third kappa shape index (κ3) is 4.61. The fraction of sp³-hybridized carbons (Fsp3) is 0.136. The largest absolute Gasteiger partial charge is 0.478 e. The number of para-hydroxylation sites is 1. The van der Waals surface area contributed by atoms with Crippen LogP contribution in [-0.4, -0.2) is 19.1 Å². The number of carbonyl (C=O) groups is 1. The van der Waals surface area contributed by atoms with E-state index < -0.39 is 5.82 Å². The van der Waals surface area contributed by atoms with Crippen molar-refractivity contribution in [1.82, 2.24) is 5.32 Å². The molecule has 1 N–H and O–H groups in total. The summed E-state index contributed by atoms with van der Waals surface area (Å²) in [5.74, 6) is 5.21. The molecule has 1 amide bonds. The number of hydrogen-bond acceptors (Lipinski definition) is 2. The topological polar surface area (TPSA) is 38.3 Å². The van der Waals surface area contributed by atoms with Crippen LogP contribution >= 0.6 is 0 Å². The van der Waals surface area contributed by atoms with Crippen molar-refractivity contribution in [2.45, 2.75) is 6.42 Å². The zero-order valence-corrected chi connectivity index (χ0v) is 14.2. The van der Waals surface area contributed by atoms with Crippen molar-refractivity contribution in [3.05, 3.63) is 78.1 Å². The van der Waals surface area contributed by atoms with Gasteiger partial charge in [0.15, 0.2) is 11.6 Å². The van der Waals surface area contributed by atoms with Crippen molar-refractivity contribution in [2.24, 2.45) is 0 Å². The average Bonchev–Trinajstić information content (AvgIpc) is 2.66. The van der Waals surface area contributed by atoms with Gasteiger partial charge in [-0.3, -0.25) is 4.79 Å². The first-order valence-corrected chi connectivity index (χ1v) is 8.30.